The Morgan fingerprint density at radius 1 is 1.03 bits per heavy atom. The second-order valence-electron chi connectivity index (χ2n) is 8.60. The molecule has 0 aliphatic carbocycles. The second kappa shape index (κ2) is 10.8. The molecule has 39 heavy (non-hydrogen) atoms. The van der Waals surface area contributed by atoms with Crippen molar-refractivity contribution >= 4 is 40.2 Å². The second-order valence-corrected chi connectivity index (χ2v) is 8.60. The van der Waals surface area contributed by atoms with Gasteiger partial charge in [-0.1, -0.05) is 18.2 Å². The first-order valence-corrected chi connectivity index (χ1v) is 11.5. The van der Waals surface area contributed by atoms with E-state index in [1.165, 1.54) is 6.92 Å². The Balaban J connectivity index is 1.72. The predicted octanol–water partition coefficient (Wildman–Crippen LogP) is 5.44. The largest absolute Gasteiger partial charge is 0.465 e. The monoisotopic (exact) mass is 542 g/mol. The van der Waals surface area contributed by atoms with Crippen molar-refractivity contribution in [1.29, 1.82) is 0 Å². The Labute approximate surface area is 219 Å². The Morgan fingerprint density at radius 3 is 2.38 bits per heavy atom. The molecule has 202 valence electrons. The van der Waals surface area contributed by atoms with Gasteiger partial charge in [0, 0.05) is 17.3 Å². The highest BCUT2D eigenvalue weighted by Crippen LogP contribution is 2.32. The summed E-state index contributed by atoms with van der Waals surface area (Å²) in [5, 5.41) is 17.9. The highest BCUT2D eigenvalue weighted by atomic mass is 19.4. The molecule has 4 rings (SSSR count). The van der Waals surface area contributed by atoms with Gasteiger partial charge < -0.3 is 26.8 Å². The highest BCUT2D eigenvalue weighted by Gasteiger charge is 2.31. The molecule has 0 aliphatic rings. The summed E-state index contributed by atoms with van der Waals surface area (Å²) in [4.78, 5) is 31.7. The van der Waals surface area contributed by atoms with Crippen LogP contribution in [0.4, 0.5) is 39.7 Å². The number of carbonyl (C=O) groups excluding carboxylic acids is 1. The summed E-state index contributed by atoms with van der Waals surface area (Å²) in [6.07, 6.45) is -4.34. The number of nitrogens with one attached hydrogen (secondary N) is 3. The molecule has 2 amide bonds. The van der Waals surface area contributed by atoms with Crippen LogP contribution in [0.15, 0.2) is 66.9 Å². The van der Waals surface area contributed by atoms with Crippen molar-refractivity contribution in [2.45, 2.75) is 25.2 Å². The average Bonchev–Trinajstić information content (AvgIpc) is 2.87. The number of alkyl halides is 3. The molecule has 0 radical (unpaired) electrons. The lowest BCUT2D eigenvalue weighted by molar-refractivity contribution is -0.137. The Hall–Kier alpha value is -4.94. The third-order valence-electron chi connectivity index (χ3n) is 5.85. The van der Waals surface area contributed by atoms with E-state index in [1.807, 2.05) is 6.07 Å². The van der Waals surface area contributed by atoms with Crippen LogP contribution in [0.5, 0.6) is 0 Å². The van der Waals surface area contributed by atoms with Crippen LogP contribution >= 0.6 is 0 Å². The summed E-state index contributed by atoms with van der Waals surface area (Å²) in [6, 6.07) is 11.5. The number of aromatic nitrogens is 2. The van der Waals surface area contributed by atoms with E-state index in [1.54, 1.807) is 30.5 Å². The molecule has 9 nitrogen and oxygen atoms in total. The van der Waals surface area contributed by atoms with Crippen LogP contribution in [-0.2, 0) is 6.18 Å². The van der Waals surface area contributed by atoms with E-state index in [0.29, 0.717) is 11.2 Å². The van der Waals surface area contributed by atoms with Gasteiger partial charge in [-0.25, -0.2) is 14.2 Å². The zero-order valence-electron chi connectivity index (χ0n) is 20.3. The predicted molar refractivity (Wildman–Crippen MR) is 136 cm³/mol. The third kappa shape index (κ3) is 6.32. The van der Waals surface area contributed by atoms with Crippen molar-refractivity contribution in [3.05, 3.63) is 89.4 Å². The molecule has 6 N–H and O–H groups in total. The number of pyridine rings is 2. The molecule has 2 aromatic heterocycles. The lowest BCUT2D eigenvalue weighted by atomic mass is 9.98. The van der Waals surface area contributed by atoms with Crippen LogP contribution in [0.25, 0.3) is 10.9 Å². The fraction of sp³-hybridized carbons (Fsp3) is 0.154. The molecule has 4 aromatic rings. The normalized spacial score (nSPS) is 12.9. The van der Waals surface area contributed by atoms with Gasteiger partial charge in [0.15, 0.2) is 11.6 Å². The first kappa shape index (κ1) is 27.1. The van der Waals surface area contributed by atoms with E-state index in [2.05, 4.69) is 25.9 Å². The van der Waals surface area contributed by atoms with Crippen LogP contribution in [0.1, 0.15) is 34.5 Å². The number of nitrogens with two attached hydrogens (primary N) is 1. The molecule has 2 atom stereocenters. The van der Waals surface area contributed by atoms with Gasteiger partial charge in [0.25, 0.3) is 5.91 Å². The quantitative estimate of drug-likeness (QED) is 0.187. The van der Waals surface area contributed by atoms with E-state index >= 15 is 4.39 Å². The van der Waals surface area contributed by atoms with Gasteiger partial charge in [-0.15, -0.1) is 0 Å². The molecular formula is C26H22F4N6O3. The van der Waals surface area contributed by atoms with Gasteiger partial charge in [-0.05, 0) is 55.0 Å². The van der Waals surface area contributed by atoms with Crippen molar-refractivity contribution in [3.8, 4) is 0 Å². The fourth-order valence-electron chi connectivity index (χ4n) is 3.97. The number of carbonyl (C=O) groups is 2. The molecular weight excluding hydrogens is 520 g/mol. The van der Waals surface area contributed by atoms with Gasteiger partial charge in [-0.3, -0.25) is 9.78 Å². The minimum absolute atomic E-state index is 0.0975. The van der Waals surface area contributed by atoms with E-state index in [9.17, 15) is 27.9 Å². The van der Waals surface area contributed by atoms with E-state index in [4.69, 9.17) is 5.73 Å². The number of hydrogen-bond donors (Lipinski definition) is 5. The van der Waals surface area contributed by atoms with Crippen molar-refractivity contribution in [2.24, 2.45) is 5.73 Å². The van der Waals surface area contributed by atoms with Gasteiger partial charge in [0.2, 0.25) is 0 Å². The number of benzene rings is 2. The summed E-state index contributed by atoms with van der Waals surface area (Å²) in [7, 11) is 0. The Morgan fingerprint density at radius 2 is 1.74 bits per heavy atom. The maximum Gasteiger partial charge on any atom is 0.416 e. The maximum atomic E-state index is 15.1. The molecule has 0 bridgehead atoms. The summed E-state index contributed by atoms with van der Waals surface area (Å²) >= 11 is 0. The summed E-state index contributed by atoms with van der Waals surface area (Å²) < 4.78 is 54.3. The number of rotatable bonds is 8. The molecule has 13 heteroatoms. The minimum Gasteiger partial charge on any atom is -0.465 e. The summed E-state index contributed by atoms with van der Waals surface area (Å²) in [6.45, 7) is 1.45. The van der Waals surface area contributed by atoms with Crippen LogP contribution < -0.4 is 21.7 Å². The van der Waals surface area contributed by atoms with Crippen LogP contribution in [0, 0.1) is 5.82 Å². The van der Waals surface area contributed by atoms with Crippen molar-refractivity contribution < 1.29 is 32.3 Å². The summed E-state index contributed by atoms with van der Waals surface area (Å²) in [5.41, 5.74) is 5.70. The van der Waals surface area contributed by atoms with Gasteiger partial charge in [0.05, 0.1) is 28.7 Å². The first-order chi connectivity index (χ1) is 18.4. The van der Waals surface area contributed by atoms with Crippen molar-refractivity contribution in [2.75, 3.05) is 10.6 Å². The molecule has 0 aliphatic heterocycles. The zero-order valence-corrected chi connectivity index (χ0v) is 20.3. The molecule has 2 aromatic carbocycles. The van der Waals surface area contributed by atoms with Crippen molar-refractivity contribution in [3.63, 3.8) is 0 Å². The smallest absolute Gasteiger partial charge is 0.416 e. The number of halogens is 4. The number of nitrogens with zero attached hydrogens (tertiary/aromatic N) is 2. The standard InChI is InChI=1S/C26H22F4N6O3/c1-13(33-25(38)39)21(14-4-6-16(7-5-14)26(28,29)30)35-24-19(27)12-18(22(31)37)23(36-24)34-17-8-9-20-15(11-17)3-2-10-32-20/h2-13,21,33H,1H3,(H2,31,37)(H,38,39)(H2,34,35,36)/t13-,21+/m0/s1. The van der Waals surface area contributed by atoms with Crippen molar-refractivity contribution in [1.82, 2.24) is 15.3 Å². The molecule has 0 unspecified atom stereocenters. The summed E-state index contributed by atoms with van der Waals surface area (Å²) in [5.74, 6) is -2.44. The number of hydrogen-bond acceptors (Lipinski definition) is 6. The first-order valence-electron chi connectivity index (χ1n) is 11.5. The fourth-order valence-corrected chi connectivity index (χ4v) is 3.97. The van der Waals surface area contributed by atoms with Gasteiger partial charge in [0.1, 0.15) is 5.82 Å². The topological polar surface area (TPSA) is 142 Å². The maximum absolute atomic E-state index is 15.1. The SMILES string of the molecule is C[C@H](NC(=O)O)[C@@H](Nc1nc(Nc2ccc3ncccc3c2)c(C(N)=O)cc1F)c1ccc(C(F)(F)F)cc1. The zero-order chi connectivity index (χ0) is 28.3. The number of fused-ring (bicyclic) bond motifs is 1. The number of anilines is 3. The lowest BCUT2D eigenvalue weighted by Gasteiger charge is -2.27. The average molecular weight is 542 g/mol. The van der Waals surface area contributed by atoms with Crippen LogP contribution in [0.3, 0.4) is 0 Å². The molecule has 0 saturated carbocycles. The third-order valence-corrected chi connectivity index (χ3v) is 5.85. The lowest BCUT2D eigenvalue weighted by Crippen LogP contribution is -2.39. The number of amides is 2. The Kier molecular flexibility index (Phi) is 7.51. The van der Waals surface area contributed by atoms with Gasteiger partial charge in [-0.2, -0.15) is 13.2 Å². The van der Waals surface area contributed by atoms with E-state index in [0.717, 1.165) is 35.7 Å². The minimum atomic E-state index is -4.58. The molecule has 0 spiro atoms. The Bertz CT molecular complexity index is 1530. The molecule has 0 fully saturated rings. The van der Waals surface area contributed by atoms with Crippen LogP contribution in [-0.4, -0.2) is 33.1 Å². The highest BCUT2D eigenvalue weighted by molar-refractivity contribution is 5.99. The van der Waals surface area contributed by atoms with Gasteiger partial charge >= 0.3 is 12.3 Å². The molecule has 2 heterocycles. The molecule has 0 saturated heterocycles. The van der Waals surface area contributed by atoms with E-state index < -0.39 is 47.5 Å². The number of carboxylic acid groups (broad SMARTS) is 1. The van der Waals surface area contributed by atoms with Crippen LogP contribution in [0.2, 0.25) is 0 Å². The van der Waals surface area contributed by atoms with E-state index in [-0.39, 0.29) is 16.9 Å². The number of primary amides is 1.